The third-order valence-electron chi connectivity index (χ3n) is 4.42. The standard InChI is InChI=1S/C19H22N4O3.2ClH/c1-13-9-10-16(23(25)26)17-18(13)20-15-8-5-4-7-14(15)19(17)22(24)12-6-11-21(2)3;;/h4-5,7-10,24H,6,11-12H2,1-3H3;2*1H. The molecule has 0 atom stereocenters. The van der Waals surface area contributed by atoms with Gasteiger partial charge in [-0.15, -0.1) is 24.8 Å². The lowest BCUT2D eigenvalue weighted by Crippen LogP contribution is -2.24. The van der Waals surface area contributed by atoms with Crippen LogP contribution in [0.2, 0.25) is 0 Å². The number of nitro groups is 1. The molecular formula is C19H24Cl2N4O3. The minimum Gasteiger partial charge on any atom is -0.309 e. The van der Waals surface area contributed by atoms with Gasteiger partial charge in [-0.05, 0) is 45.6 Å². The van der Waals surface area contributed by atoms with Crippen molar-refractivity contribution < 1.29 is 10.1 Å². The van der Waals surface area contributed by atoms with Gasteiger partial charge in [-0.2, -0.15) is 0 Å². The number of fused-ring (bicyclic) bond motifs is 2. The summed E-state index contributed by atoms with van der Waals surface area (Å²) in [7, 11) is 3.93. The first-order chi connectivity index (χ1) is 12.4. The number of non-ortho nitro benzene ring substituents is 1. The van der Waals surface area contributed by atoms with Gasteiger partial charge in [0.1, 0.15) is 5.39 Å². The molecule has 1 heterocycles. The summed E-state index contributed by atoms with van der Waals surface area (Å²) < 4.78 is 0. The first-order valence-electron chi connectivity index (χ1n) is 8.47. The lowest BCUT2D eigenvalue weighted by Gasteiger charge is -2.22. The number of hydrogen-bond acceptors (Lipinski definition) is 6. The van der Waals surface area contributed by atoms with Crippen LogP contribution in [0, 0.1) is 17.0 Å². The average Bonchev–Trinajstić information content (AvgIpc) is 2.59. The second-order valence-electron chi connectivity index (χ2n) is 6.64. The number of pyridine rings is 1. The van der Waals surface area contributed by atoms with Crippen LogP contribution >= 0.6 is 24.8 Å². The summed E-state index contributed by atoms with van der Waals surface area (Å²) in [5.41, 5.74) is 2.47. The van der Waals surface area contributed by atoms with E-state index in [-0.39, 0.29) is 30.5 Å². The quantitative estimate of drug-likeness (QED) is 0.352. The van der Waals surface area contributed by atoms with E-state index in [9.17, 15) is 15.3 Å². The number of rotatable bonds is 6. The Kier molecular flexibility index (Phi) is 8.38. The Bertz CT molecular complexity index is 982. The Labute approximate surface area is 175 Å². The van der Waals surface area contributed by atoms with Crippen molar-refractivity contribution in [2.75, 3.05) is 32.2 Å². The van der Waals surface area contributed by atoms with Crippen LogP contribution in [0.5, 0.6) is 0 Å². The van der Waals surface area contributed by atoms with E-state index in [0.29, 0.717) is 34.0 Å². The van der Waals surface area contributed by atoms with Crippen molar-refractivity contribution in [3.63, 3.8) is 0 Å². The summed E-state index contributed by atoms with van der Waals surface area (Å²) in [6, 6.07) is 10.6. The molecule has 0 aliphatic carbocycles. The van der Waals surface area contributed by atoms with E-state index in [2.05, 4.69) is 4.98 Å². The van der Waals surface area contributed by atoms with Crippen molar-refractivity contribution >= 4 is 58.0 Å². The Hall–Kier alpha value is -2.19. The number of aromatic nitrogens is 1. The molecule has 9 heteroatoms. The maximum absolute atomic E-state index is 11.6. The van der Waals surface area contributed by atoms with E-state index < -0.39 is 4.92 Å². The predicted molar refractivity (Wildman–Crippen MR) is 117 cm³/mol. The molecule has 1 N–H and O–H groups in total. The van der Waals surface area contributed by atoms with Crippen LogP contribution in [0.3, 0.4) is 0 Å². The molecule has 0 aliphatic heterocycles. The second-order valence-corrected chi connectivity index (χ2v) is 6.64. The number of hydroxylamine groups is 1. The predicted octanol–water partition coefficient (Wildman–Crippen LogP) is 4.60. The lowest BCUT2D eigenvalue weighted by molar-refractivity contribution is -0.383. The van der Waals surface area contributed by atoms with Gasteiger partial charge in [0.15, 0.2) is 0 Å². The van der Waals surface area contributed by atoms with E-state index in [0.717, 1.165) is 23.6 Å². The molecule has 0 saturated carbocycles. The molecular weight excluding hydrogens is 403 g/mol. The van der Waals surface area contributed by atoms with E-state index in [1.165, 1.54) is 6.07 Å². The van der Waals surface area contributed by atoms with Gasteiger partial charge in [-0.3, -0.25) is 20.4 Å². The number of benzene rings is 2. The van der Waals surface area contributed by atoms with Crippen molar-refractivity contribution in [1.29, 1.82) is 0 Å². The van der Waals surface area contributed by atoms with Crippen molar-refractivity contribution in [2.45, 2.75) is 13.3 Å². The van der Waals surface area contributed by atoms with Crippen molar-refractivity contribution in [2.24, 2.45) is 0 Å². The number of aryl methyl sites for hydroxylation is 1. The zero-order valence-electron chi connectivity index (χ0n) is 16.0. The third kappa shape index (κ3) is 4.62. The van der Waals surface area contributed by atoms with E-state index >= 15 is 0 Å². The largest absolute Gasteiger partial charge is 0.309 e. The zero-order valence-corrected chi connectivity index (χ0v) is 17.6. The summed E-state index contributed by atoms with van der Waals surface area (Å²) in [5.74, 6) is 0. The molecule has 28 heavy (non-hydrogen) atoms. The van der Waals surface area contributed by atoms with Gasteiger partial charge >= 0.3 is 0 Å². The fourth-order valence-corrected chi connectivity index (χ4v) is 3.16. The Morgan fingerprint density at radius 1 is 1.11 bits per heavy atom. The van der Waals surface area contributed by atoms with Gasteiger partial charge in [0, 0.05) is 18.0 Å². The van der Waals surface area contributed by atoms with Gasteiger partial charge in [-0.1, -0.05) is 24.3 Å². The molecule has 0 aliphatic rings. The molecule has 2 aromatic carbocycles. The van der Waals surface area contributed by atoms with Crippen molar-refractivity contribution in [3.05, 3.63) is 52.1 Å². The average molecular weight is 427 g/mol. The van der Waals surface area contributed by atoms with Crippen LogP contribution in [-0.2, 0) is 0 Å². The summed E-state index contributed by atoms with van der Waals surface area (Å²) in [6.07, 6.45) is 0.723. The van der Waals surface area contributed by atoms with Crippen LogP contribution in [0.15, 0.2) is 36.4 Å². The number of anilines is 1. The van der Waals surface area contributed by atoms with Gasteiger partial charge in [0.05, 0.1) is 21.6 Å². The highest BCUT2D eigenvalue weighted by molar-refractivity contribution is 6.11. The molecule has 3 rings (SSSR count). The highest BCUT2D eigenvalue weighted by Gasteiger charge is 2.23. The fraction of sp³-hybridized carbons (Fsp3) is 0.316. The van der Waals surface area contributed by atoms with Crippen molar-refractivity contribution in [1.82, 2.24) is 9.88 Å². The summed E-state index contributed by atoms with van der Waals surface area (Å²) in [4.78, 5) is 17.8. The monoisotopic (exact) mass is 426 g/mol. The van der Waals surface area contributed by atoms with Gasteiger partial charge in [0.25, 0.3) is 5.69 Å². The zero-order chi connectivity index (χ0) is 18.8. The number of halogens is 2. The smallest absolute Gasteiger partial charge is 0.281 e. The maximum Gasteiger partial charge on any atom is 0.281 e. The van der Waals surface area contributed by atoms with Crippen LogP contribution in [-0.4, -0.2) is 47.2 Å². The van der Waals surface area contributed by atoms with E-state index in [1.807, 2.05) is 50.2 Å². The highest BCUT2D eigenvalue weighted by Crippen LogP contribution is 2.39. The Balaban J connectivity index is 0.00000196. The second kappa shape index (κ2) is 9.84. The van der Waals surface area contributed by atoms with Crippen molar-refractivity contribution in [3.8, 4) is 0 Å². The van der Waals surface area contributed by atoms with Gasteiger partial charge < -0.3 is 4.90 Å². The molecule has 0 radical (unpaired) electrons. The molecule has 0 fully saturated rings. The number of para-hydroxylation sites is 1. The minimum atomic E-state index is -0.421. The summed E-state index contributed by atoms with van der Waals surface area (Å²) in [6.45, 7) is 3.04. The Morgan fingerprint density at radius 2 is 1.79 bits per heavy atom. The molecule has 7 nitrogen and oxygen atoms in total. The summed E-state index contributed by atoms with van der Waals surface area (Å²) >= 11 is 0. The maximum atomic E-state index is 11.6. The lowest BCUT2D eigenvalue weighted by atomic mass is 10.0. The topological polar surface area (TPSA) is 82.7 Å². The van der Waals surface area contributed by atoms with Crippen LogP contribution in [0.1, 0.15) is 12.0 Å². The van der Waals surface area contributed by atoms with E-state index in [1.54, 1.807) is 6.07 Å². The number of nitro benzene ring substituents is 1. The van der Waals surface area contributed by atoms with Gasteiger partial charge in [0.2, 0.25) is 0 Å². The van der Waals surface area contributed by atoms with Crippen LogP contribution in [0.25, 0.3) is 21.8 Å². The molecule has 0 unspecified atom stereocenters. The summed E-state index contributed by atoms with van der Waals surface area (Å²) in [5, 5.41) is 24.6. The highest BCUT2D eigenvalue weighted by atomic mass is 35.5. The van der Waals surface area contributed by atoms with Crippen LogP contribution < -0.4 is 5.06 Å². The Morgan fingerprint density at radius 3 is 2.43 bits per heavy atom. The van der Waals surface area contributed by atoms with Gasteiger partial charge in [-0.25, -0.2) is 4.98 Å². The van der Waals surface area contributed by atoms with Crippen LogP contribution in [0.4, 0.5) is 11.4 Å². The number of hydrogen-bond donors (Lipinski definition) is 1. The third-order valence-corrected chi connectivity index (χ3v) is 4.42. The normalized spacial score (nSPS) is 10.6. The SMILES string of the molecule is Cc1ccc([N+](=O)[O-])c2c(N(O)CCCN(C)C)c3ccccc3nc12.Cl.Cl. The first kappa shape index (κ1) is 23.8. The molecule has 0 bridgehead atoms. The minimum absolute atomic E-state index is 0. The fourth-order valence-electron chi connectivity index (χ4n) is 3.16. The molecule has 0 spiro atoms. The van der Waals surface area contributed by atoms with E-state index in [4.69, 9.17) is 0 Å². The number of nitrogens with zero attached hydrogens (tertiary/aromatic N) is 4. The molecule has 3 aromatic rings. The molecule has 0 saturated heterocycles. The molecule has 152 valence electrons. The molecule has 1 aromatic heterocycles. The molecule has 0 amide bonds. The first-order valence-corrected chi connectivity index (χ1v) is 8.47.